The highest BCUT2D eigenvalue weighted by molar-refractivity contribution is 6.11. The molecule has 3 amide bonds. The van der Waals surface area contributed by atoms with Crippen molar-refractivity contribution in [3.63, 3.8) is 0 Å². The Morgan fingerprint density at radius 1 is 1.06 bits per heavy atom. The lowest BCUT2D eigenvalue weighted by Crippen LogP contribution is -2.41. The smallest absolute Gasteiger partial charge is 0.325 e. The molecule has 1 fully saturated rings. The zero-order chi connectivity index (χ0) is 24.2. The summed E-state index contributed by atoms with van der Waals surface area (Å²) in [5.74, 6) is -0.106. The van der Waals surface area contributed by atoms with Crippen LogP contribution in [0.15, 0.2) is 48.5 Å². The molecule has 1 saturated heterocycles. The molecule has 0 radical (unpaired) electrons. The van der Waals surface area contributed by atoms with Crippen LogP contribution in [0.25, 0.3) is 5.69 Å². The number of nitrogens with zero attached hydrogens (tertiary/aromatic N) is 2. The molecule has 9 heteroatoms. The molecule has 34 heavy (non-hydrogen) atoms. The van der Waals surface area contributed by atoms with Gasteiger partial charge in [-0.05, 0) is 56.7 Å². The summed E-state index contributed by atoms with van der Waals surface area (Å²) in [4.78, 5) is 39.9. The summed E-state index contributed by atoms with van der Waals surface area (Å²) >= 11 is 0. The van der Waals surface area contributed by atoms with Crippen LogP contribution in [0.2, 0.25) is 0 Å². The quantitative estimate of drug-likeness (QED) is 0.461. The second kappa shape index (κ2) is 7.72. The number of Topliss-reactive ketones (excluding diaryl/α,β-unsaturated/α-hetero) is 1. The summed E-state index contributed by atoms with van der Waals surface area (Å²) in [7, 11) is 0. The number of hydrogen-bond acceptors (Lipinski definition) is 5. The van der Waals surface area contributed by atoms with Crippen LogP contribution < -0.4 is 14.8 Å². The van der Waals surface area contributed by atoms with Crippen LogP contribution in [-0.2, 0) is 10.3 Å². The number of rotatable bonds is 5. The van der Waals surface area contributed by atoms with E-state index in [2.05, 4.69) is 5.32 Å². The first-order chi connectivity index (χ1) is 16.2. The number of imide groups is 1. The van der Waals surface area contributed by atoms with Gasteiger partial charge in [-0.1, -0.05) is 12.1 Å². The number of carbonyl (C=O) groups excluding carboxylic acids is 3. The average molecular weight is 463 g/mol. The third kappa shape index (κ3) is 3.32. The van der Waals surface area contributed by atoms with Crippen molar-refractivity contribution in [3.05, 3.63) is 76.9 Å². The molecular formula is C25H22FN3O5. The molecule has 2 aliphatic rings. The number of ether oxygens (including phenoxy) is 2. The molecule has 8 nitrogen and oxygen atoms in total. The number of halogens is 1. The first-order valence-electron chi connectivity index (χ1n) is 10.7. The molecular weight excluding hydrogens is 441 g/mol. The highest BCUT2D eigenvalue weighted by atomic mass is 19.1. The third-order valence-electron chi connectivity index (χ3n) is 6.34. The zero-order valence-electron chi connectivity index (χ0n) is 18.8. The maximum absolute atomic E-state index is 13.3. The van der Waals surface area contributed by atoms with Crippen LogP contribution in [0.5, 0.6) is 11.5 Å². The molecule has 2 aliphatic heterocycles. The first kappa shape index (κ1) is 21.7. The summed E-state index contributed by atoms with van der Waals surface area (Å²) in [5, 5.41) is 2.64. The number of nitrogens with one attached hydrogen (secondary N) is 1. The van der Waals surface area contributed by atoms with E-state index < -0.39 is 29.8 Å². The molecule has 3 heterocycles. The van der Waals surface area contributed by atoms with Gasteiger partial charge in [0, 0.05) is 28.7 Å². The lowest BCUT2D eigenvalue weighted by molar-refractivity contribution is -0.130. The maximum Gasteiger partial charge on any atom is 0.325 e. The Morgan fingerprint density at radius 2 is 1.76 bits per heavy atom. The van der Waals surface area contributed by atoms with Crippen LogP contribution >= 0.6 is 0 Å². The Balaban J connectivity index is 1.41. The zero-order valence-corrected chi connectivity index (χ0v) is 18.8. The molecule has 174 valence electrons. The average Bonchev–Trinajstić information content (AvgIpc) is 3.45. The van der Waals surface area contributed by atoms with E-state index in [1.54, 1.807) is 13.0 Å². The molecule has 1 unspecified atom stereocenters. The lowest BCUT2D eigenvalue weighted by atomic mass is 9.92. The molecule has 2 aromatic carbocycles. The fourth-order valence-electron chi connectivity index (χ4n) is 4.51. The van der Waals surface area contributed by atoms with Crippen LogP contribution in [0.4, 0.5) is 9.18 Å². The summed E-state index contributed by atoms with van der Waals surface area (Å²) in [6.07, 6.45) is 0. The van der Waals surface area contributed by atoms with Gasteiger partial charge in [0.2, 0.25) is 6.79 Å². The number of carbonyl (C=O) groups is 3. The molecule has 1 aromatic heterocycles. The molecule has 5 rings (SSSR count). The van der Waals surface area contributed by atoms with Crippen molar-refractivity contribution in [2.24, 2.45) is 0 Å². The Morgan fingerprint density at radius 3 is 2.50 bits per heavy atom. The van der Waals surface area contributed by atoms with E-state index in [4.69, 9.17) is 9.47 Å². The van der Waals surface area contributed by atoms with Crippen molar-refractivity contribution in [1.82, 2.24) is 14.8 Å². The SMILES string of the molecule is Cc1cc(C(=O)CN2C(=O)NC(C)(c3ccc(F)cc3)C2=O)c(C)n1-c1ccc2c(c1)OCO2. The normalized spacial score (nSPS) is 19.0. The summed E-state index contributed by atoms with van der Waals surface area (Å²) in [5.41, 5.74) is 1.75. The molecule has 0 spiro atoms. The van der Waals surface area contributed by atoms with Gasteiger partial charge in [0.1, 0.15) is 11.4 Å². The van der Waals surface area contributed by atoms with Crippen molar-refractivity contribution in [2.45, 2.75) is 26.3 Å². The number of ketones is 1. The van der Waals surface area contributed by atoms with Crippen molar-refractivity contribution < 1.29 is 28.2 Å². The van der Waals surface area contributed by atoms with Gasteiger partial charge in [-0.15, -0.1) is 0 Å². The number of urea groups is 1. The van der Waals surface area contributed by atoms with Crippen LogP contribution in [0.1, 0.15) is 34.2 Å². The molecule has 3 aromatic rings. The van der Waals surface area contributed by atoms with Crippen LogP contribution in [0.3, 0.4) is 0 Å². The summed E-state index contributed by atoms with van der Waals surface area (Å²) < 4.78 is 26.1. The monoisotopic (exact) mass is 463 g/mol. The molecule has 0 saturated carbocycles. The molecule has 0 aliphatic carbocycles. The van der Waals surface area contributed by atoms with Gasteiger partial charge in [-0.25, -0.2) is 9.18 Å². The van der Waals surface area contributed by atoms with E-state index in [1.807, 2.05) is 29.7 Å². The number of aromatic nitrogens is 1. The second-order valence-corrected chi connectivity index (χ2v) is 8.53. The van der Waals surface area contributed by atoms with Gasteiger partial charge in [0.25, 0.3) is 5.91 Å². The summed E-state index contributed by atoms with van der Waals surface area (Å²) in [6.45, 7) is 4.96. The Labute approximate surface area is 194 Å². The highest BCUT2D eigenvalue weighted by Crippen LogP contribution is 2.35. The topological polar surface area (TPSA) is 89.9 Å². The van der Waals surface area contributed by atoms with Crippen LogP contribution in [0, 0.1) is 19.7 Å². The lowest BCUT2D eigenvalue weighted by Gasteiger charge is -2.22. The van der Waals surface area contributed by atoms with Gasteiger partial charge < -0.3 is 19.4 Å². The number of aryl methyl sites for hydroxylation is 1. The van der Waals surface area contributed by atoms with Crippen molar-refractivity contribution in [2.75, 3.05) is 13.3 Å². The minimum Gasteiger partial charge on any atom is -0.454 e. The minimum absolute atomic E-state index is 0.162. The molecule has 0 bridgehead atoms. The second-order valence-electron chi connectivity index (χ2n) is 8.53. The highest BCUT2D eigenvalue weighted by Gasteiger charge is 2.49. The fraction of sp³-hybridized carbons (Fsp3) is 0.240. The maximum atomic E-state index is 13.3. The van der Waals surface area contributed by atoms with Crippen LogP contribution in [-0.4, -0.2) is 40.5 Å². The predicted molar refractivity (Wildman–Crippen MR) is 120 cm³/mol. The predicted octanol–water partition coefficient (Wildman–Crippen LogP) is 3.61. The van der Waals surface area contributed by atoms with E-state index in [1.165, 1.54) is 31.2 Å². The van der Waals surface area contributed by atoms with E-state index in [0.29, 0.717) is 28.3 Å². The minimum atomic E-state index is -1.38. The Bertz CT molecular complexity index is 1350. The Hall–Kier alpha value is -4.14. The standard InChI is InChI=1S/C25H22FN3O5/c1-14-10-19(15(2)29(14)18-8-9-21-22(11-18)34-13-33-21)20(30)12-28-23(31)25(3,27-24(28)32)16-4-6-17(26)7-5-16/h4-11H,12-13H2,1-3H3,(H,27,32). The van der Waals surface area contributed by atoms with Crippen molar-refractivity contribution in [1.29, 1.82) is 0 Å². The van der Waals surface area contributed by atoms with Crippen molar-refractivity contribution in [3.8, 4) is 17.2 Å². The number of benzene rings is 2. The number of amides is 3. The van der Waals surface area contributed by atoms with E-state index >= 15 is 0 Å². The van der Waals surface area contributed by atoms with Gasteiger partial charge in [0.15, 0.2) is 17.3 Å². The molecule has 1 N–H and O–H groups in total. The van der Waals surface area contributed by atoms with Gasteiger partial charge >= 0.3 is 6.03 Å². The third-order valence-corrected chi connectivity index (χ3v) is 6.34. The number of hydrogen-bond donors (Lipinski definition) is 1. The molecule has 1 atom stereocenters. The summed E-state index contributed by atoms with van der Waals surface area (Å²) in [6, 6.07) is 11.9. The number of fused-ring (bicyclic) bond motifs is 1. The van der Waals surface area contributed by atoms with E-state index in [0.717, 1.165) is 16.3 Å². The van der Waals surface area contributed by atoms with E-state index in [9.17, 15) is 18.8 Å². The van der Waals surface area contributed by atoms with Gasteiger partial charge in [-0.3, -0.25) is 14.5 Å². The van der Waals surface area contributed by atoms with Gasteiger partial charge in [-0.2, -0.15) is 0 Å². The van der Waals surface area contributed by atoms with Crippen molar-refractivity contribution >= 4 is 17.7 Å². The largest absolute Gasteiger partial charge is 0.454 e. The van der Waals surface area contributed by atoms with E-state index in [-0.39, 0.29) is 12.6 Å². The Kier molecular flexibility index (Phi) is 4.93. The fourth-order valence-corrected chi connectivity index (χ4v) is 4.51. The van der Waals surface area contributed by atoms with Gasteiger partial charge in [0.05, 0.1) is 6.54 Å². The first-order valence-corrected chi connectivity index (χ1v) is 10.7.